The molecule has 0 spiro atoms. The van der Waals surface area contributed by atoms with Crippen molar-refractivity contribution in [3.8, 4) is 11.5 Å². The van der Waals surface area contributed by atoms with Crippen molar-refractivity contribution in [3.05, 3.63) is 54.1 Å². The second kappa shape index (κ2) is 9.62. The minimum Gasteiger partial charge on any atom is -0.497 e. The van der Waals surface area contributed by atoms with Crippen LogP contribution in [0.2, 0.25) is 0 Å². The molecular formula is C19H26NO5P. The van der Waals surface area contributed by atoms with E-state index in [9.17, 15) is 4.57 Å². The lowest BCUT2D eigenvalue weighted by Gasteiger charge is -2.29. The van der Waals surface area contributed by atoms with Crippen LogP contribution in [0.5, 0.6) is 11.5 Å². The van der Waals surface area contributed by atoms with Crippen molar-refractivity contribution in [2.75, 3.05) is 32.8 Å². The van der Waals surface area contributed by atoms with Gasteiger partial charge >= 0.3 is 7.60 Å². The van der Waals surface area contributed by atoms with Gasteiger partial charge in [0.05, 0.1) is 27.4 Å². The van der Waals surface area contributed by atoms with Crippen molar-refractivity contribution in [2.24, 2.45) is 0 Å². The molecule has 1 atom stereocenters. The number of hydrogen-bond donors (Lipinski definition) is 1. The Labute approximate surface area is 155 Å². The number of ether oxygens (including phenoxy) is 2. The van der Waals surface area contributed by atoms with Gasteiger partial charge in [-0.25, -0.2) is 0 Å². The number of hydrogen-bond acceptors (Lipinski definition) is 6. The van der Waals surface area contributed by atoms with Crippen LogP contribution < -0.4 is 14.8 Å². The molecule has 0 aliphatic heterocycles. The van der Waals surface area contributed by atoms with Crippen LogP contribution in [0.4, 0.5) is 5.69 Å². The van der Waals surface area contributed by atoms with Crippen molar-refractivity contribution in [1.29, 1.82) is 0 Å². The molecule has 0 fully saturated rings. The summed E-state index contributed by atoms with van der Waals surface area (Å²) < 4.78 is 35.5. The first-order valence-electron chi connectivity index (χ1n) is 8.50. The maximum atomic E-state index is 13.5. The monoisotopic (exact) mass is 379 g/mol. The highest BCUT2D eigenvalue weighted by molar-refractivity contribution is 7.54. The molecule has 2 aromatic rings. The van der Waals surface area contributed by atoms with E-state index >= 15 is 0 Å². The van der Waals surface area contributed by atoms with Crippen molar-refractivity contribution in [3.63, 3.8) is 0 Å². The van der Waals surface area contributed by atoms with Gasteiger partial charge in [-0.15, -0.1) is 0 Å². The largest absolute Gasteiger partial charge is 0.497 e. The molecule has 0 aliphatic carbocycles. The molecular weight excluding hydrogens is 353 g/mol. The molecule has 0 radical (unpaired) electrons. The van der Waals surface area contributed by atoms with Crippen LogP contribution in [0.1, 0.15) is 25.2 Å². The van der Waals surface area contributed by atoms with Gasteiger partial charge in [-0.05, 0) is 38.1 Å². The van der Waals surface area contributed by atoms with Gasteiger partial charge < -0.3 is 23.8 Å². The highest BCUT2D eigenvalue weighted by Gasteiger charge is 2.39. The van der Waals surface area contributed by atoms with E-state index in [0.29, 0.717) is 17.1 Å². The Hall–Kier alpha value is -2.01. The summed E-state index contributed by atoms with van der Waals surface area (Å²) in [6.45, 7) is 4.11. The average molecular weight is 379 g/mol. The summed E-state index contributed by atoms with van der Waals surface area (Å²) in [5, 5.41) is 3.28. The normalized spacial score (nSPS) is 12.5. The highest BCUT2D eigenvalue weighted by atomic mass is 31.2. The second-order valence-corrected chi connectivity index (χ2v) is 7.51. The molecule has 0 saturated carbocycles. The lowest BCUT2D eigenvalue weighted by atomic mass is 10.1. The van der Waals surface area contributed by atoms with Crippen LogP contribution in [0.25, 0.3) is 0 Å². The number of benzene rings is 2. The van der Waals surface area contributed by atoms with E-state index < -0.39 is 13.4 Å². The summed E-state index contributed by atoms with van der Waals surface area (Å²) >= 11 is 0. The van der Waals surface area contributed by atoms with Gasteiger partial charge in [0.1, 0.15) is 11.5 Å². The van der Waals surface area contributed by atoms with Gasteiger partial charge in [0.25, 0.3) is 0 Å². The molecule has 7 heteroatoms. The third kappa shape index (κ3) is 4.79. The second-order valence-electron chi connectivity index (χ2n) is 5.40. The number of methoxy groups -OCH3 is 2. The summed E-state index contributed by atoms with van der Waals surface area (Å²) in [5.74, 6) is 0.454. The third-order valence-electron chi connectivity index (χ3n) is 3.75. The van der Waals surface area contributed by atoms with Gasteiger partial charge in [-0.1, -0.05) is 18.2 Å². The summed E-state index contributed by atoms with van der Waals surface area (Å²) in [4.78, 5) is 0. The van der Waals surface area contributed by atoms with E-state index in [1.165, 1.54) is 0 Å². The molecule has 142 valence electrons. The van der Waals surface area contributed by atoms with Crippen molar-refractivity contribution in [2.45, 2.75) is 19.6 Å². The zero-order valence-corrected chi connectivity index (χ0v) is 16.5. The Morgan fingerprint density at radius 3 is 2.15 bits per heavy atom. The molecule has 1 N–H and O–H groups in total. The summed E-state index contributed by atoms with van der Waals surface area (Å²) in [6.07, 6.45) is 0. The van der Waals surface area contributed by atoms with Crippen LogP contribution in [0.15, 0.2) is 48.5 Å². The van der Waals surface area contributed by atoms with Crippen LogP contribution >= 0.6 is 7.60 Å². The SMILES string of the molecule is CCOP(=O)(OCC)[C@H](Nc1ccccc1)c1ccc(OC)cc1OC. The van der Waals surface area contributed by atoms with Crippen molar-refractivity contribution < 1.29 is 23.1 Å². The van der Waals surface area contributed by atoms with Gasteiger partial charge in [-0.2, -0.15) is 0 Å². The fourth-order valence-electron chi connectivity index (χ4n) is 2.61. The Morgan fingerprint density at radius 2 is 1.62 bits per heavy atom. The Balaban J connectivity index is 2.54. The molecule has 0 bridgehead atoms. The lowest BCUT2D eigenvalue weighted by Crippen LogP contribution is -2.16. The van der Waals surface area contributed by atoms with Crippen LogP contribution in [0.3, 0.4) is 0 Å². The van der Waals surface area contributed by atoms with Gasteiger partial charge in [-0.3, -0.25) is 4.57 Å². The Kier molecular flexibility index (Phi) is 7.51. The first kappa shape index (κ1) is 20.3. The predicted octanol–water partition coefficient (Wildman–Crippen LogP) is 5.08. The van der Waals surface area contributed by atoms with E-state index in [1.54, 1.807) is 40.2 Å². The summed E-state index contributed by atoms with van der Waals surface area (Å²) in [7, 11) is -0.370. The molecule has 0 amide bonds. The number of para-hydroxylation sites is 1. The molecule has 26 heavy (non-hydrogen) atoms. The maximum absolute atomic E-state index is 13.5. The van der Waals surface area contributed by atoms with E-state index in [4.69, 9.17) is 18.5 Å². The fourth-order valence-corrected chi connectivity index (χ4v) is 4.56. The average Bonchev–Trinajstić information content (AvgIpc) is 2.67. The molecule has 0 unspecified atom stereocenters. The zero-order chi connectivity index (χ0) is 19.0. The predicted molar refractivity (Wildman–Crippen MR) is 103 cm³/mol. The van der Waals surface area contributed by atoms with E-state index in [2.05, 4.69) is 5.32 Å². The number of anilines is 1. The first-order chi connectivity index (χ1) is 12.6. The molecule has 6 nitrogen and oxygen atoms in total. The summed E-state index contributed by atoms with van der Waals surface area (Å²) in [5.41, 5.74) is 1.47. The molecule has 0 heterocycles. The molecule has 0 saturated heterocycles. The number of rotatable bonds is 10. The first-order valence-corrected chi connectivity index (χ1v) is 10.1. The molecule has 0 aromatic heterocycles. The van der Waals surface area contributed by atoms with Crippen molar-refractivity contribution in [1.82, 2.24) is 0 Å². The fraction of sp³-hybridized carbons (Fsp3) is 0.368. The van der Waals surface area contributed by atoms with Gasteiger partial charge in [0.15, 0.2) is 5.78 Å². The Bertz CT molecular complexity index is 728. The topological polar surface area (TPSA) is 66.0 Å². The standard InChI is InChI=1S/C19H26NO5P/c1-5-24-26(21,25-6-2)19(20-15-10-8-7-9-11-15)17-13-12-16(22-3)14-18(17)23-4/h7-14,19-20H,5-6H2,1-4H3/t19-/m0/s1. The van der Waals surface area contributed by atoms with Crippen LogP contribution in [-0.2, 0) is 13.6 Å². The highest BCUT2D eigenvalue weighted by Crippen LogP contribution is 2.62. The summed E-state index contributed by atoms with van der Waals surface area (Å²) in [6, 6.07) is 14.9. The lowest BCUT2D eigenvalue weighted by molar-refractivity contribution is 0.213. The molecule has 2 rings (SSSR count). The number of nitrogens with one attached hydrogen (secondary N) is 1. The minimum absolute atomic E-state index is 0.267. The zero-order valence-electron chi connectivity index (χ0n) is 15.6. The minimum atomic E-state index is -3.51. The molecule has 0 aliphatic rings. The quantitative estimate of drug-likeness (QED) is 0.581. The van der Waals surface area contributed by atoms with E-state index in [-0.39, 0.29) is 13.2 Å². The van der Waals surface area contributed by atoms with E-state index in [1.807, 2.05) is 36.4 Å². The third-order valence-corrected chi connectivity index (χ3v) is 6.02. The van der Waals surface area contributed by atoms with Crippen LogP contribution in [0, 0.1) is 0 Å². The molecule has 2 aromatic carbocycles. The van der Waals surface area contributed by atoms with Crippen molar-refractivity contribution >= 4 is 13.3 Å². The van der Waals surface area contributed by atoms with Gasteiger partial charge in [0.2, 0.25) is 0 Å². The Morgan fingerprint density at radius 1 is 0.962 bits per heavy atom. The van der Waals surface area contributed by atoms with E-state index in [0.717, 1.165) is 5.69 Å². The van der Waals surface area contributed by atoms with Crippen LogP contribution in [-0.4, -0.2) is 27.4 Å². The van der Waals surface area contributed by atoms with Gasteiger partial charge in [0, 0.05) is 17.3 Å². The smallest absolute Gasteiger partial charge is 0.357 e. The maximum Gasteiger partial charge on any atom is 0.357 e.